The second-order valence-electron chi connectivity index (χ2n) is 5.75. The van der Waals surface area contributed by atoms with Gasteiger partial charge in [-0.25, -0.2) is 0 Å². The molecule has 3 heteroatoms. The van der Waals surface area contributed by atoms with E-state index >= 15 is 0 Å². The Morgan fingerprint density at radius 3 is 2.89 bits per heavy atom. The molecule has 0 amide bonds. The van der Waals surface area contributed by atoms with Gasteiger partial charge in [0, 0.05) is 24.7 Å². The zero-order valence-electron chi connectivity index (χ0n) is 12.4. The van der Waals surface area contributed by atoms with E-state index in [1.54, 1.807) is 7.11 Å². The van der Waals surface area contributed by atoms with Crippen molar-refractivity contribution in [1.82, 2.24) is 10.2 Å². The van der Waals surface area contributed by atoms with Crippen molar-refractivity contribution in [1.29, 1.82) is 0 Å². The summed E-state index contributed by atoms with van der Waals surface area (Å²) in [6.07, 6.45) is 1.21. The number of hydrogen-bond donors (Lipinski definition) is 1. The summed E-state index contributed by atoms with van der Waals surface area (Å²) >= 11 is 0. The maximum absolute atomic E-state index is 5.45. The summed E-state index contributed by atoms with van der Waals surface area (Å²) in [6, 6.07) is 8.96. The number of methoxy groups -OCH3 is 1. The monoisotopic (exact) mass is 262 g/mol. The summed E-state index contributed by atoms with van der Waals surface area (Å²) in [6.45, 7) is 9.00. The zero-order valence-corrected chi connectivity index (χ0v) is 12.4. The van der Waals surface area contributed by atoms with Crippen LogP contribution in [0.4, 0.5) is 0 Å². The summed E-state index contributed by atoms with van der Waals surface area (Å²) in [5.74, 6) is 1.70. The molecule has 1 aliphatic rings. The van der Waals surface area contributed by atoms with Gasteiger partial charge in [-0.15, -0.1) is 0 Å². The Hall–Kier alpha value is -1.06. The summed E-state index contributed by atoms with van der Waals surface area (Å²) in [4.78, 5) is 2.56. The number of para-hydroxylation sites is 1. The molecule has 1 saturated heterocycles. The molecule has 106 valence electrons. The minimum Gasteiger partial charge on any atom is -0.496 e. The lowest BCUT2D eigenvalue weighted by Crippen LogP contribution is -2.42. The van der Waals surface area contributed by atoms with E-state index in [2.05, 4.69) is 36.2 Å². The van der Waals surface area contributed by atoms with Crippen LogP contribution in [0.5, 0.6) is 5.75 Å². The SMILES string of the molecule is COc1ccccc1CN1CCC(C)NCC(C)C1. The highest BCUT2D eigenvalue weighted by Gasteiger charge is 2.17. The lowest BCUT2D eigenvalue weighted by molar-refractivity contribution is 0.193. The molecular weight excluding hydrogens is 236 g/mol. The fourth-order valence-corrected chi connectivity index (χ4v) is 2.70. The van der Waals surface area contributed by atoms with Crippen molar-refractivity contribution in [2.75, 3.05) is 26.7 Å². The van der Waals surface area contributed by atoms with E-state index in [0.717, 1.165) is 31.9 Å². The second-order valence-corrected chi connectivity index (χ2v) is 5.75. The molecule has 2 atom stereocenters. The standard InChI is InChI=1S/C16H26N2O/c1-13-10-17-14(2)8-9-18(11-13)12-15-6-4-5-7-16(15)19-3/h4-7,13-14,17H,8-12H2,1-3H3. The van der Waals surface area contributed by atoms with Gasteiger partial charge in [-0.3, -0.25) is 4.90 Å². The molecule has 0 aromatic heterocycles. The van der Waals surface area contributed by atoms with Gasteiger partial charge in [0.05, 0.1) is 7.11 Å². The summed E-state index contributed by atoms with van der Waals surface area (Å²) < 4.78 is 5.45. The molecule has 1 aromatic carbocycles. The van der Waals surface area contributed by atoms with Crippen molar-refractivity contribution in [3.8, 4) is 5.75 Å². The number of nitrogens with zero attached hydrogens (tertiary/aromatic N) is 1. The molecule has 3 nitrogen and oxygen atoms in total. The fourth-order valence-electron chi connectivity index (χ4n) is 2.70. The van der Waals surface area contributed by atoms with Crippen molar-refractivity contribution >= 4 is 0 Å². The van der Waals surface area contributed by atoms with Crippen molar-refractivity contribution in [2.45, 2.75) is 32.9 Å². The van der Waals surface area contributed by atoms with Gasteiger partial charge in [-0.2, -0.15) is 0 Å². The average Bonchev–Trinajstić information content (AvgIpc) is 2.41. The van der Waals surface area contributed by atoms with Crippen LogP contribution in [0.2, 0.25) is 0 Å². The molecule has 0 aliphatic carbocycles. The highest BCUT2D eigenvalue weighted by molar-refractivity contribution is 5.33. The van der Waals surface area contributed by atoms with Crippen LogP contribution in [0.3, 0.4) is 0 Å². The normalized spacial score (nSPS) is 25.6. The number of hydrogen-bond acceptors (Lipinski definition) is 3. The molecule has 19 heavy (non-hydrogen) atoms. The van der Waals surface area contributed by atoms with E-state index in [-0.39, 0.29) is 0 Å². The van der Waals surface area contributed by atoms with E-state index in [4.69, 9.17) is 4.74 Å². The molecule has 2 rings (SSSR count). The Morgan fingerprint density at radius 1 is 1.32 bits per heavy atom. The van der Waals surface area contributed by atoms with E-state index < -0.39 is 0 Å². The first kappa shape index (κ1) is 14.4. The molecule has 0 saturated carbocycles. The number of benzene rings is 1. The number of rotatable bonds is 3. The van der Waals surface area contributed by atoms with Gasteiger partial charge in [0.25, 0.3) is 0 Å². The van der Waals surface area contributed by atoms with Crippen LogP contribution >= 0.6 is 0 Å². The van der Waals surface area contributed by atoms with Crippen molar-refractivity contribution in [3.05, 3.63) is 29.8 Å². The highest BCUT2D eigenvalue weighted by atomic mass is 16.5. The summed E-state index contributed by atoms with van der Waals surface area (Å²) in [7, 11) is 1.75. The lowest BCUT2D eigenvalue weighted by atomic mass is 10.1. The molecule has 1 heterocycles. The Labute approximate surface area is 116 Å². The predicted molar refractivity (Wildman–Crippen MR) is 79.5 cm³/mol. The van der Waals surface area contributed by atoms with Crippen LogP contribution in [-0.4, -0.2) is 37.7 Å². The Bertz CT molecular complexity index is 394. The van der Waals surface area contributed by atoms with Crippen LogP contribution in [0.25, 0.3) is 0 Å². The van der Waals surface area contributed by atoms with Crippen LogP contribution in [0.1, 0.15) is 25.8 Å². The molecule has 0 bridgehead atoms. The Kier molecular flexibility index (Phi) is 5.23. The van der Waals surface area contributed by atoms with Crippen LogP contribution in [0, 0.1) is 5.92 Å². The van der Waals surface area contributed by atoms with Gasteiger partial charge >= 0.3 is 0 Å². The third-order valence-corrected chi connectivity index (χ3v) is 3.85. The summed E-state index contributed by atoms with van der Waals surface area (Å²) in [5, 5.41) is 3.59. The maximum Gasteiger partial charge on any atom is 0.123 e. The maximum atomic E-state index is 5.45. The molecule has 0 spiro atoms. The van der Waals surface area contributed by atoms with Crippen LogP contribution < -0.4 is 10.1 Å². The van der Waals surface area contributed by atoms with Crippen LogP contribution in [-0.2, 0) is 6.54 Å². The second kappa shape index (κ2) is 6.92. The Morgan fingerprint density at radius 2 is 2.11 bits per heavy atom. The fraction of sp³-hybridized carbons (Fsp3) is 0.625. The molecule has 0 radical (unpaired) electrons. The van der Waals surface area contributed by atoms with Crippen molar-refractivity contribution in [2.24, 2.45) is 5.92 Å². The lowest BCUT2D eigenvalue weighted by Gasteiger charge is -2.31. The van der Waals surface area contributed by atoms with Gasteiger partial charge in [0.1, 0.15) is 5.75 Å². The number of ether oxygens (including phenoxy) is 1. The smallest absolute Gasteiger partial charge is 0.123 e. The first-order valence-electron chi connectivity index (χ1n) is 7.26. The Balaban J connectivity index is 2.03. The third-order valence-electron chi connectivity index (χ3n) is 3.85. The van der Waals surface area contributed by atoms with Gasteiger partial charge in [0.15, 0.2) is 0 Å². The van der Waals surface area contributed by atoms with Crippen molar-refractivity contribution in [3.63, 3.8) is 0 Å². The third kappa shape index (κ3) is 4.22. The highest BCUT2D eigenvalue weighted by Crippen LogP contribution is 2.20. The minimum atomic E-state index is 0.614. The van der Waals surface area contributed by atoms with E-state index in [9.17, 15) is 0 Å². The molecular formula is C16H26N2O. The zero-order chi connectivity index (χ0) is 13.7. The largest absolute Gasteiger partial charge is 0.496 e. The quantitative estimate of drug-likeness (QED) is 0.906. The molecule has 2 unspecified atom stereocenters. The first-order chi connectivity index (χ1) is 9.19. The van der Waals surface area contributed by atoms with E-state index in [1.807, 2.05) is 12.1 Å². The van der Waals surface area contributed by atoms with Crippen molar-refractivity contribution < 1.29 is 4.74 Å². The van der Waals surface area contributed by atoms with Gasteiger partial charge < -0.3 is 10.1 Å². The van der Waals surface area contributed by atoms with E-state index in [1.165, 1.54) is 12.0 Å². The van der Waals surface area contributed by atoms with Crippen LogP contribution in [0.15, 0.2) is 24.3 Å². The average molecular weight is 262 g/mol. The minimum absolute atomic E-state index is 0.614. The number of nitrogens with one attached hydrogen (secondary N) is 1. The summed E-state index contributed by atoms with van der Waals surface area (Å²) in [5.41, 5.74) is 1.29. The van der Waals surface area contributed by atoms with E-state index in [0.29, 0.717) is 12.0 Å². The molecule has 1 aliphatic heterocycles. The predicted octanol–water partition coefficient (Wildman–Crippen LogP) is 2.52. The van der Waals surface area contributed by atoms with Gasteiger partial charge in [0.2, 0.25) is 0 Å². The van der Waals surface area contributed by atoms with Gasteiger partial charge in [-0.1, -0.05) is 25.1 Å². The van der Waals surface area contributed by atoms with Gasteiger partial charge in [-0.05, 0) is 38.4 Å². The molecule has 1 aromatic rings. The first-order valence-corrected chi connectivity index (χ1v) is 7.26. The molecule has 1 N–H and O–H groups in total. The topological polar surface area (TPSA) is 24.5 Å². The molecule has 1 fully saturated rings.